The first kappa shape index (κ1) is 20.4. The lowest BCUT2D eigenvalue weighted by Crippen LogP contribution is -2.31. The summed E-state index contributed by atoms with van der Waals surface area (Å²) in [6, 6.07) is 24.4. The molecule has 3 aromatic carbocycles. The first-order valence-corrected chi connectivity index (χ1v) is 10.2. The van der Waals surface area contributed by atoms with Crippen molar-refractivity contribution in [3.05, 3.63) is 107 Å². The first-order valence-electron chi connectivity index (χ1n) is 10.2. The average Bonchev–Trinajstić information content (AvgIpc) is 3.02. The number of aliphatic carboxylic acids is 1. The van der Waals surface area contributed by atoms with Crippen molar-refractivity contribution in [2.45, 2.75) is 26.3 Å². The van der Waals surface area contributed by atoms with E-state index >= 15 is 0 Å². The maximum absolute atomic E-state index is 13.7. The Balaban J connectivity index is 1.85. The second-order valence-electron chi connectivity index (χ2n) is 7.79. The summed E-state index contributed by atoms with van der Waals surface area (Å²) in [5, 5.41) is 12.9. The fraction of sp³-hybridized carbons (Fsp3) is 0.154. The van der Waals surface area contributed by atoms with Gasteiger partial charge in [-0.1, -0.05) is 65.7 Å². The lowest BCUT2D eigenvalue weighted by atomic mass is 9.96. The molecular formula is C26H24N2O3. The Bertz CT molecular complexity index is 1130. The van der Waals surface area contributed by atoms with E-state index in [2.05, 4.69) is 5.32 Å². The van der Waals surface area contributed by atoms with Gasteiger partial charge in [0.15, 0.2) is 0 Å². The summed E-state index contributed by atoms with van der Waals surface area (Å²) in [5.41, 5.74) is 5.40. The predicted molar refractivity (Wildman–Crippen MR) is 122 cm³/mol. The van der Waals surface area contributed by atoms with Crippen molar-refractivity contribution in [1.29, 1.82) is 0 Å². The van der Waals surface area contributed by atoms with E-state index in [1.807, 2.05) is 92.7 Å². The number of carboxylic acids is 1. The number of carboxylic acid groups (broad SMARTS) is 1. The zero-order valence-corrected chi connectivity index (χ0v) is 17.5. The number of aryl methyl sites for hydroxylation is 2. The van der Waals surface area contributed by atoms with Gasteiger partial charge in [-0.2, -0.15) is 0 Å². The summed E-state index contributed by atoms with van der Waals surface area (Å²) in [6.45, 7) is 3.98. The molecule has 31 heavy (non-hydrogen) atoms. The van der Waals surface area contributed by atoms with E-state index < -0.39 is 12.0 Å². The Morgan fingerprint density at radius 2 is 1.48 bits per heavy atom. The summed E-state index contributed by atoms with van der Waals surface area (Å²) in [4.78, 5) is 27.1. The van der Waals surface area contributed by atoms with Crippen molar-refractivity contribution in [3.63, 3.8) is 0 Å². The van der Waals surface area contributed by atoms with Gasteiger partial charge in [0, 0.05) is 11.4 Å². The third-order valence-corrected chi connectivity index (χ3v) is 5.43. The number of anilines is 2. The summed E-state index contributed by atoms with van der Waals surface area (Å²) < 4.78 is 0. The van der Waals surface area contributed by atoms with Crippen LogP contribution in [-0.4, -0.2) is 17.0 Å². The lowest BCUT2D eigenvalue weighted by Gasteiger charge is -2.27. The van der Waals surface area contributed by atoms with Crippen LogP contribution in [0, 0.1) is 13.8 Å². The Labute approximate surface area is 181 Å². The van der Waals surface area contributed by atoms with Gasteiger partial charge < -0.3 is 10.4 Å². The molecule has 4 rings (SSSR count). The van der Waals surface area contributed by atoms with Crippen molar-refractivity contribution in [1.82, 2.24) is 0 Å². The molecule has 0 aromatic heterocycles. The summed E-state index contributed by atoms with van der Waals surface area (Å²) in [6.07, 6.45) is -0.234. The number of amides is 1. The largest absolute Gasteiger partial charge is 0.481 e. The highest BCUT2D eigenvalue weighted by Gasteiger charge is 2.41. The first-order chi connectivity index (χ1) is 14.9. The van der Waals surface area contributed by atoms with E-state index in [4.69, 9.17) is 0 Å². The molecule has 1 atom stereocenters. The van der Waals surface area contributed by atoms with Crippen molar-refractivity contribution in [2.24, 2.45) is 0 Å². The number of carbonyl (C=O) groups excluding carboxylic acids is 1. The number of benzene rings is 3. The van der Waals surface area contributed by atoms with Crippen LogP contribution in [0.4, 0.5) is 11.4 Å². The van der Waals surface area contributed by atoms with Gasteiger partial charge in [-0.15, -0.1) is 0 Å². The Kier molecular flexibility index (Phi) is 5.58. The Hall–Kier alpha value is -3.86. The van der Waals surface area contributed by atoms with Gasteiger partial charge in [0.2, 0.25) is 0 Å². The van der Waals surface area contributed by atoms with Crippen molar-refractivity contribution in [2.75, 3.05) is 10.2 Å². The molecule has 2 N–H and O–H groups in total. The second kappa shape index (κ2) is 8.48. The second-order valence-corrected chi connectivity index (χ2v) is 7.79. The molecule has 0 radical (unpaired) electrons. The molecule has 3 aromatic rings. The topological polar surface area (TPSA) is 69.6 Å². The van der Waals surface area contributed by atoms with Crippen molar-refractivity contribution >= 4 is 23.3 Å². The fourth-order valence-corrected chi connectivity index (χ4v) is 3.89. The molecule has 0 aliphatic carbocycles. The van der Waals surface area contributed by atoms with Gasteiger partial charge in [-0.3, -0.25) is 14.5 Å². The molecule has 0 saturated carbocycles. The van der Waals surface area contributed by atoms with E-state index in [9.17, 15) is 14.7 Å². The van der Waals surface area contributed by atoms with Gasteiger partial charge in [0.25, 0.3) is 5.91 Å². The lowest BCUT2D eigenvalue weighted by molar-refractivity contribution is -0.136. The zero-order chi connectivity index (χ0) is 22.0. The molecule has 1 heterocycles. The molecule has 5 nitrogen and oxygen atoms in total. The number of carbonyl (C=O) groups is 2. The third kappa shape index (κ3) is 4.21. The molecule has 1 aliphatic rings. The van der Waals surface area contributed by atoms with Crippen LogP contribution in [0.1, 0.15) is 29.2 Å². The Morgan fingerprint density at radius 3 is 2.06 bits per heavy atom. The monoisotopic (exact) mass is 412 g/mol. The van der Waals surface area contributed by atoms with E-state index in [-0.39, 0.29) is 12.3 Å². The predicted octanol–water partition coefficient (Wildman–Crippen LogP) is 5.23. The van der Waals surface area contributed by atoms with Crippen LogP contribution < -0.4 is 10.2 Å². The maximum Gasteiger partial charge on any atom is 0.307 e. The molecule has 0 spiro atoms. The van der Waals surface area contributed by atoms with Crippen LogP contribution in [0.2, 0.25) is 0 Å². The third-order valence-electron chi connectivity index (χ3n) is 5.43. The van der Waals surface area contributed by atoms with E-state index in [0.717, 1.165) is 28.1 Å². The highest BCUT2D eigenvalue weighted by molar-refractivity contribution is 6.12. The normalized spacial score (nSPS) is 16.0. The van der Waals surface area contributed by atoms with E-state index in [1.54, 1.807) is 4.90 Å². The van der Waals surface area contributed by atoms with Crippen molar-refractivity contribution in [3.8, 4) is 0 Å². The number of rotatable bonds is 6. The maximum atomic E-state index is 13.7. The minimum absolute atomic E-state index is 0.234. The standard InChI is InChI=1S/C26H24N2O3/c1-17-8-12-20(13-9-17)27-24-22(16-23(29)30)25(19-6-4-3-5-7-19)28(26(24)31)21-14-10-18(2)11-15-21/h3-15,25,27H,16H2,1-2H3,(H,29,30)/t25-/m1/s1. The molecule has 1 amide bonds. The molecule has 0 fully saturated rings. The summed E-state index contributed by atoms with van der Waals surface area (Å²) in [5.74, 6) is -1.22. The number of nitrogens with one attached hydrogen (secondary N) is 1. The highest BCUT2D eigenvalue weighted by atomic mass is 16.4. The smallest absolute Gasteiger partial charge is 0.307 e. The molecule has 1 aliphatic heterocycles. The summed E-state index contributed by atoms with van der Waals surface area (Å²) >= 11 is 0. The van der Waals surface area contributed by atoms with Crippen LogP contribution in [0.15, 0.2) is 90.1 Å². The average molecular weight is 412 g/mol. The molecular weight excluding hydrogens is 388 g/mol. The van der Waals surface area contributed by atoms with Crippen LogP contribution in [0.5, 0.6) is 0 Å². The van der Waals surface area contributed by atoms with Gasteiger partial charge in [0.05, 0.1) is 12.5 Å². The number of nitrogens with zero attached hydrogens (tertiary/aromatic N) is 1. The summed E-state index contributed by atoms with van der Waals surface area (Å²) in [7, 11) is 0. The van der Waals surface area contributed by atoms with Crippen LogP contribution in [0.25, 0.3) is 0 Å². The molecule has 156 valence electrons. The van der Waals surface area contributed by atoms with Gasteiger partial charge in [0.1, 0.15) is 5.70 Å². The minimum atomic E-state index is -0.974. The molecule has 5 heteroatoms. The van der Waals surface area contributed by atoms with E-state index in [1.165, 1.54) is 0 Å². The van der Waals surface area contributed by atoms with Gasteiger partial charge in [-0.05, 0) is 49.2 Å². The van der Waals surface area contributed by atoms with Gasteiger partial charge in [-0.25, -0.2) is 0 Å². The zero-order valence-electron chi connectivity index (χ0n) is 17.5. The quantitative estimate of drug-likeness (QED) is 0.581. The molecule has 0 bridgehead atoms. The molecule has 0 unspecified atom stereocenters. The number of hydrogen-bond acceptors (Lipinski definition) is 3. The van der Waals surface area contributed by atoms with Crippen LogP contribution in [0.3, 0.4) is 0 Å². The van der Waals surface area contributed by atoms with Crippen molar-refractivity contribution < 1.29 is 14.7 Å². The van der Waals surface area contributed by atoms with Crippen LogP contribution >= 0.6 is 0 Å². The van der Waals surface area contributed by atoms with Crippen LogP contribution in [-0.2, 0) is 9.59 Å². The Morgan fingerprint density at radius 1 is 0.903 bits per heavy atom. The minimum Gasteiger partial charge on any atom is -0.481 e. The fourth-order valence-electron chi connectivity index (χ4n) is 3.89. The highest BCUT2D eigenvalue weighted by Crippen LogP contribution is 2.42. The van der Waals surface area contributed by atoms with Gasteiger partial charge >= 0.3 is 5.97 Å². The number of hydrogen-bond donors (Lipinski definition) is 2. The molecule has 0 saturated heterocycles. The van der Waals surface area contributed by atoms with E-state index in [0.29, 0.717) is 11.3 Å². The SMILES string of the molecule is Cc1ccc(NC2=C(CC(=O)O)[C@@H](c3ccccc3)N(c3ccc(C)cc3)C2=O)cc1.